The predicted octanol–water partition coefficient (Wildman–Crippen LogP) is 4.16. The highest BCUT2D eigenvalue weighted by molar-refractivity contribution is 7.16. The molecule has 1 atom stereocenters. The maximum absolute atomic E-state index is 12.6. The summed E-state index contributed by atoms with van der Waals surface area (Å²) in [4.78, 5) is 15.0. The average Bonchev–Trinajstić information content (AvgIpc) is 3.31. The summed E-state index contributed by atoms with van der Waals surface area (Å²) in [6.07, 6.45) is 2.94. The van der Waals surface area contributed by atoms with E-state index in [4.69, 9.17) is 0 Å². The summed E-state index contributed by atoms with van der Waals surface area (Å²) in [6, 6.07) is 10.3. The number of tetrazole rings is 1. The number of fused-ring (bicyclic) bond motifs is 1. The summed E-state index contributed by atoms with van der Waals surface area (Å²) < 4.78 is 0. The Morgan fingerprint density at radius 2 is 2.13 bits per heavy atom. The molecule has 154 valence electrons. The van der Waals surface area contributed by atoms with Gasteiger partial charge in [0.05, 0.1) is 5.56 Å². The number of anilines is 1. The Labute approximate surface area is 179 Å². The maximum atomic E-state index is 12.6. The Hall–Kier alpha value is -3.05. The molecule has 1 aromatic carbocycles. The van der Waals surface area contributed by atoms with Gasteiger partial charge < -0.3 is 5.32 Å². The van der Waals surface area contributed by atoms with Gasteiger partial charge >= 0.3 is 0 Å². The van der Waals surface area contributed by atoms with Gasteiger partial charge in [-0.25, -0.2) is 0 Å². The third-order valence-electron chi connectivity index (χ3n) is 5.45. The van der Waals surface area contributed by atoms with Gasteiger partial charge in [0, 0.05) is 10.4 Å². The van der Waals surface area contributed by atoms with Crippen molar-refractivity contribution in [2.75, 3.05) is 5.32 Å². The number of nitriles is 1. The first-order chi connectivity index (χ1) is 14.4. The van der Waals surface area contributed by atoms with Crippen molar-refractivity contribution in [1.82, 2.24) is 20.2 Å². The zero-order valence-corrected chi connectivity index (χ0v) is 18.2. The van der Waals surface area contributed by atoms with Crippen molar-refractivity contribution in [3.05, 3.63) is 45.8 Å². The normalized spacial score (nSPS) is 15.6. The Balaban J connectivity index is 1.45. The van der Waals surface area contributed by atoms with Crippen molar-refractivity contribution >= 4 is 22.2 Å². The van der Waals surface area contributed by atoms with Gasteiger partial charge in [0.2, 0.25) is 11.7 Å². The molecule has 4 rings (SSSR count). The van der Waals surface area contributed by atoms with Crippen LogP contribution >= 0.6 is 11.3 Å². The minimum atomic E-state index is -0.266. The van der Waals surface area contributed by atoms with Crippen LogP contribution in [0, 0.1) is 17.2 Å². The lowest BCUT2D eigenvalue weighted by Gasteiger charge is -2.17. The van der Waals surface area contributed by atoms with Crippen LogP contribution in [0.2, 0.25) is 0 Å². The maximum Gasteiger partial charge on any atom is 0.248 e. The Kier molecular flexibility index (Phi) is 5.64. The minimum Gasteiger partial charge on any atom is -0.315 e. The number of amides is 1. The van der Waals surface area contributed by atoms with Gasteiger partial charge in [-0.2, -0.15) is 10.1 Å². The van der Waals surface area contributed by atoms with Crippen molar-refractivity contribution in [3.8, 4) is 17.5 Å². The quantitative estimate of drug-likeness (QED) is 0.668. The number of carbonyl (C=O) groups is 1. The highest BCUT2D eigenvalue weighted by Crippen LogP contribution is 2.39. The first-order valence-corrected chi connectivity index (χ1v) is 11.0. The summed E-state index contributed by atoms with van der Waals surface area (Å²) >= 11 is 1.51. The van der Waals surface area contributed by atoms with Gasteiger partial charge in [0.15, 0.2) is 0 Å². The number of nitrogens with zero attached hydrogens (tertiary/aromatic N) is 5. The van der Waals surface area contributed by atoms with Crippen molar-refractivity contribution in [3.63, 3.8) is 0 Å². The second-order valence-corrected chi connectivity index (χ2v) is 9.24. The molecule has 3 aromatic rings. The summed E-state index contributed by atoms with van der Waals surface area (Å²) in [7, 11) is 0. The second-order valence-electron chi connectivity index (χ2n) is 8.14. The number of carbonyl (C=O) groups excluding carboxylic acids is 1. The molecule has 1 N–H and O–H groups in total. The molecule has 0 radical (unpaired) electrons. The monoisotopic (exact) mass is 420 g/mol. The lowest BCUT2D eigenvalue weighted by atomic mass is 9.89. The summed E-state index contributed by atoms with van der Waals surface area (Å²) in [6.45, 7) is 6.45. The number of benzene rings is 1. The third-order valence-corrected chi connectivity index (χ3v) is 6.62. The summed E-state index contributed by atoms with van der Waals surface area (Å²) in [5, 5.41) is 25.5. The van der Waals surface area contributed by atoms with Gasteiger partial charge in [0.25, 0.3) is 0 Å². The lowest BCUT2D eigenvalue weighted by molar-refractivity contribution is -0.117. The van der Waals surface area contributed by atoms with Crippen LogP contribution in [-0.4, -0.2) is 26.1 Å². The SMILES string of the molecule is CC1CCc2c(sc(NC(=O)Cn3nnc(-c4ccc(C(C)C)cc4)n3)c2C#N)C1. The summed E-state index contributed by atoms with van der Waals surface area (Å²) in [5.74, 6) is 1.28. The number of hydrogen-bond acceptors (Lipinski definition) is 6. The van der Waals surface area contributed by atoms with E-state index in [2.05, 4.69) is 59.7 Å². The van der Waals surface area contributed by atoms with E-state index in [0.29, 0.717) is 28.2 Å². The molecular weight excluding hydrogens is 396 g/mol. The molecule has 2 aromatic heterocycles. The van der Waals surface area contributed by atoms with Crippen molar-refractivity contribution in [2.45, 2.75) is 52.5 Å². The standard InChI is InChI=1S/C22H24N6OS/c1-13(2)15-5-7-16(8-6-15)21-25-27-28(26-21)12-20(29)24-22-18(11-23)17-9-4-14(3)10-19(17)30-22/h5-8,13-14H,4,9-10,12H2,1-3H3,(H,24,29). The Morgan fingerprint density at radius 1 is 1.37 bits per heavy atom. The number of hydrogen-bond donors (Lipinski definition) is 1. The fourth-order valence-electron chi connectivity index (χ4n) is 3.69. The van der Waals surface area contributed by atoms with Crippen LogP contribution in [-0.2, 0) is 24.2 Å². The zero-order chi connectivity index (χ0) is 21.3. The minimum absolute atomic E-state index is 0.0546. The molecule has 1 aliphatic rings. The van der Waals surface area contributed by atoms with Crippen LogP contribution in [0.5, 0.6) is 0 Å². The van der Waals surface area contributed by atoms with Crippen LogP contribution in [0.1, 0.15) is 54.7 Å². The number of thiophene rings is 1. The van der Waals surface area contributed by atoms with Crippen LogP contribution < -0.4 is 5.32 Å². The first-order valence-electron chi connectivity index (χ1n) is 10.2. The second kappa shape index (κ2) is 8.36. The van der Waals surface area contributed by atoms with Crippen LogP contribution in [0.25, 0.3) is 11.4 Å². The molecule has 2 heterocycles. The first kappa shape index (κ1) is 20.2. The van der Waals surface area contributed by atoms with Gasteiger partial charge in [-0.05, 0) is 47.4 Å². The Bertz CT molecular complexity index is 1110. The molecule has 30 heavy (non-hydrogen) atoms. The molecule has 0 aliphatic heterocycles. The highest BCUT2D eigenvalue weighted by atomic mass is 32.1. The third kappa shape index (κ3) is 4.12. The van der Waals surface area contributed by atoms with E-state index >= 15 is 0 Å². The van der Waals surface area contributed by atoms with Crippen molar-refractivity contribution in [1.29, 1.82) is 5.26 Å². The molecule has 1 amide bonds. The van der Waals surface area contributed by atoms with E-state index in [1.807, 2.05) is 12.1 Å². The number of rotatable bonds is 5. The molecule has 7 nitrogen and oxygen atoms in total. The van der Waals surface area contributed by atoms with E-state index in [1.165, 1.54) is 26.6 Å². The van der Waals surface area contributed by atoms with Crippen LogP contribution in [0.15, 0.2) is 24.3 Å². The fourth-order valence-corrected chi connectivity index (χ4v) is 5.07. The molecule has 0 saturated carbocycles. The van der Waals surface area contributed by atoms with E-state index in [1.54, 1.807) is 0 Å². The van der Waals surface area contributed by atoms with Gasteiger partial charge in [-0.15, -0.1) is 21.5 Å². The van der Waals surface area contributed by atoms with Gasteiger partial charge in [0.1, 0.15) is 17.6 Å². The highest BCUT2D eigenvalue weighted by Gasteiger charge is 2.24. The summed E-state index contributed by atoms with van der Waals surface area (Å²) in [5.41, 5.74) is 3.80. The number of nitrogens with one attached hydrogen (secondary N) is 1. The predicted molar refractivity (Wildman–Crippen MR) is 116 cm³/mol. The fraction of sp³-hybridized carbons (Fsp3) is 0.409. The molecule has 0 fully saturated rings. The molecule has 0 saturated heterocycles. The topological polar surface area (TPSA) is 96.5 Å². The molecule has 1 unspecified atom stereocenters. The molecular formula is C22H24N6OS. The molecule has 8 heteroatoms. The average molecular weight is 421 g/mol. The molecule has 0 spiro atoms. The largest absolute Gasteiger partial charge is 0.315 e. The van der Waals surface area contributed by atoms with Crippen molar-refractivity contribution in [2.24, 2.45) is 5.92 Å². The van der Waals surface area contributed by atoms with E-state index < -0.39 is 0 Å². The smallest absolute Gasteiger partial charge is 0.248 e. The van der Waals surface area contributed by atoms with Gasteiger partial charge in [-0.1, -0.05) is 45.0 Å². The zero-order valence-electron chi connectivity index (χ0n) is 17.3. The van der Waals surface area contributed by atoms with Gasteiger partial charge in [-0.3, -0.25) is 4.79 Å². The van der Waals surface area contributed by atoms with Crippen LogP contribution in [0.4, 0.5) is 5.00 Å². The van der Waals surface area contributed by atoms with E-state index in [9.17, 15) is 10.1 Å². The van der Waals surface area contributed by atoms with Crippen LogP contribution in [0.3, 0.4) is 0 Å². The number of aromatic nitrogens is 4. The van der Waals surface area contributed by atoms with Crippen molar-refractivity contribution < 1.29 is 4.79 Å². The molecule has 0 bridgehead atoms. The Morgan fingerprint density at radius 3 is 2.83 bits per heavy atom. The van der Waals surface area contributed by atoms with E-state index in [-0.39, 0.29) is 12.5 Å². The van der Waals surface area contributed by atoms with E-state index in [0.717, 1.165) is 30.4 Å². The lowest BCUT2D eigenvalue weighted by Crippen LogP contribution is -2.20. The molecule has 1 aliphatic carbocycles.